The largest absolute Gasteiger partial charge is 0.352 e. The molecule has 0 aliphatic heterocycles. The Morgan fingerprint density at radius 3 is 2.47 bits per heavy atom. The van der Waals surface area contributed by atoms with Crippen molar-refractivity contribution in [3.05, 3.63) is 35.9 Å². The maximum absolute atomic E-state index is 12.1. The van der Waals surface area contributed by atoms with Crippen molar-refractivity contribution < 1.29 is 4.79 Å². The molecule has 3 nitrogen and oxygen atoms in total. The molecule has 3 N–H and O–H groups in total. The Morgan fingerprint density at radius 1 is 1.35 bits per heavy atom. The molecule has 0 unspecified atom stereocenters. The maximum atomic E-state index is 12.1. The van der Waals surface area contributed by atoms with Crippen molar-refractivity contribution >= 4 is 5.91 Å². The van der Waals surface area contributed by atoms with E-state index in [9.17, 15) is 4.79 Å². The topological polar surface area (TPSA) is 55.1 Å². The number of hydrogen-bond acceptors (Lipinski definition) is 2. The van der Waals surface area contributed by atoms with Gasteiger partial charge in [-0.05, 0) is 18.9 Å². The van der Waals surface area contributed by atoms with Crippen molar-refractivity contribution in [2.45, 2.75) is 33.2 Å². The zero-order valence-electron chi connectivity index (χ0n) is 10.9. The lowest BCUT2D eigenvalue weighted by Gasteiger charge is -2.25. The standard InChI is InChI=1S/C14H22N2O/c1-11(10-15)16-13(17)14(2,3)9-12-7-5-4-6-8-12/h4-8,11H,9-10,15H2,1-3H3,(H,16,17)/t11-/m0/s1. The Morgan fingerprint density at radius 2 is 1.94 bits per heavy atom. The van der Waals surface area contributed by atoms with Gasteiger partial charge in [0.2, 0.25) is 5.91 Å². The second kappa shape index (κ2) is 5.82. The Balaban J connectivity index is 2.65. The second-order valence-corrected chi connectivity index (χ2v) is 5.16. The van der Waals surface area contributed by atoms with Gasteiger partial charge < -0.3 is 11.1 Å². The first-order valence-electron chi connectivity index (χ1n) is 6.00. The van der Waals surface area contributed by atoms with Gasteiger partial charge in [0.05, 0.1) is 0 Å². The van der Waals surface area contributed by atoms with Gasteiger partial charge >= 0.3 is 0 Å². The molecule has 0 fully saturated rings. The Bertz CT molecular complexity index is 360. The van der Waals surface area contributed by atoms with Crippen LogP contribution in [0, 0.1) is 5.41 Å². The van der Waals surface area contributed by atoms with Gasteiger partial charge in [0.25, 0.3) is 0 Å². The van der Waals surface area contributed by atoms with E-state index in [1.165, 1.54) is 5.56 Å². The minimum absolute atomic E-state index is 0.0255. The van der Waals surface area contributed by atoms with Crippen LogP contribution in [0.15, 0.2) is 30.3 Å². The number of hydrogen-bond donors (Lipinski definition) is 2. The van der Waals surface area contributed by atoms with Gasteiger partial charge in [0, 0.05) is 18.0 Å². The quantitative estimate of drug-likeness (QED) is 0.815. The van der Waals surface area contributed by atoms with Crippen LogP contribution in [-0.2, 0) is 11.2 Å². The maximum Gasteiger partial charge on any atom is 0.226 e. The molecule has 1 aromatic carbocycles. The molecule has 17 heavy (non-hydrogen) atoms. The van der Waals surface area contributed by atoms with Crippen LogP contribution in [0.1, 0.15) is 26.3 Å². The average molecular weight is 234 g/mol. The second-order valence-electron chi connectivity index (χ2n) is 5.16. The summed E-state index contributed by atoms with van der Waals surface area (Å²) >= 11 is 0. The van der Waals surface area contributed by atoms with Crippen molar-refractivity contribution in [2.24, 2.45) is 11.1 Å². The van der Waals surface area contributed by atoms with Crippen molar-refractivity contribution in [2.75, 3.05) is 6.54 Å². The highest BCUT2D eigenvalue weighted by Gasteiger charge is 2.28. The predicted molar refractivity (Wildman–Crippen MR) is 70.6 cm³/mol. The molecule has 0 aliphatic carbocycles. The van der Waals surface area contributed by atoms with Crippen LogP contribution in [0.5, 0.6) is 0 Å². The molecule has 0 spiro atoms. The van der Waals surface area contributed by atoms with E-state index in [2.05, 4.69) is 5.32 Å². The van der Waals surface area contributed by atoms with E-state index in [1.54, 1.807) is 0 Å². The summed E-state index contributed by atoms with van der Waals surface area (Å²) in [4.78, 5) is 12.1. The van der Waals surface area contributed by atoms with Gasteiger partial charge in [-0.25, -0.2) is 0 Å². The summed E-state index contributed by atoms with van der Waals surface area (Å²) in [7, 11) is 0. The molecule has 0 bridgehead atoms. The summed E-state index contributed by atoms with van der Waals surface area (Å²) in [6.07, 6.45) is 0.733. The van der Waals surface area contributed by atoms with E-state index < -0.39 is 5.41 Å². The highest BCUT2D eigenvalue weighted by molar-refractivity contribution is 5.82. The lowest BCUT2D eigenvalue weighted by molar-refractivity contribution is -0.129. The van der Waals surface area contributed by atoms with Crippen LogP contribution in [0.2, 0.25) is 0 Å². The van der Waals surface area contributed by atoms with Gasteiger partial charge in [-0.15, -0.1) is 0 Å². The molecular formula is C14H22N2O. The molecule has 94 valence electrons. The first kappa shape index (κ1) is 13.7. The third-order valence-corrected chi connectivity index (χ3v) is 2.83. The number of carbonyl (C=O) groups excluding carboxylic acids is 1. The molecule has 0 aromatic heterocycles. The fourth-order valence-corrected chi connectivity index (χ4v) is 1.66. The van der Waals surface area contributed by atoms with Gasteiger partial charge in [-0.3, -0.25) is 4.79 Å². The SMILES string of the molecule is C[C@@H](CN)NC(=O)C(C)(C)Cc1ccccc1. The normalized spacial score (nSPS) is 13.2. The Kier molecular flexibility index (Phi) is 4.70. The number of carbonyl (C=O) groups is 1. The number of nitrogens with two attached hydrogens (primary N) is 1. The first-order valence-corrected chi connectivity index (χ1v) is 6.00. The molecule has 3 heteroatoms. The van der Waals surface area contributed by atoms with E-state index >= 15 is 0 Å². The molecule has 0 saturated heterocycles. The third kappa shape index (κ3) is 4.19. The summed E-state index contributed by atoms with van der Waals surface area (Å²) in [6.45, 7) is 6.29. The smallest absolute Gasteiger partial charge is 0.226 e. The number of amides is 1. The summed E-state index contributed by atoms with van der Waals surface area (Å²) in [5, 5.41) is 2.93. The van der Waals surface area contributed by atoms with Crippen LogP contribution in [0.3, 0.4) is 0 Å². The van der Waals surface area contributed by atoms with Crippen LogP contribution >= 0.6 is 0 Å². The number of benzene rings is 1. The lowest BCUT2D eigenvalue weighted by Crippen LogP contribution is -2.45. The highest BCUT2D eigenvalue weighted by Crippen LogP contribution is 2.22. The third-order valence-electron chi connectivity index (χ3n) is 2.83. The Hall–Kier alpha value is -1.35. The van der Waals surface area contributed by atoms with E-state index in [4.69, 9.17) is 5.73 Å². The summed E-state index contributed by atoms with van der Waals surface area (Å²) < 4.78 is 0. The van der Waals surface area contributed by atoms with Crippen molar-refractivity contribution in [1.82, 2.24) is 5.32 Å². The molecule has 0 heterocycles. The number of nitrogens with one attached hydrogen (secondary N) is 1. The monoisotopic (exact) mass is 234 g/mol. The van der Waals surface area contributed by atoms with Gasteiger partial charge in [-0.1, -0.05) is 44.2 Å². The lowest BCUT2D eigenvalue weighted by atomic mass is 9.84. The van der Waals surface area contributed by atoms with Crippen LogP contribution in [0.4, 0.5) is 0 Å². The van der Waals surface area contributed by atoms with E-state index in [1.807, 2.05) is 51.1 Å². The van der Waals surface area contributed by atoms with Crippen molar-refractivity contribution in [1.29, 1.82) is 0 Å². The van der Waals surface area contributed by atoms with Crippen LogP contribution in [-0.4, -0.2) is 18.5 Å². The zero-order chi connectivity index (χ0) is 12.9. The van der Waals surface area contributed by atoms with Gasteiger partial charge in [0.1, 0.15) is 0 Å². The van der Waals surface area contributed by atoms with E-state index in [-0.39, 0.29) is 11.9 Å². The minimum Gasteiger partial charge on any atom is -0.352 e. The van der Waals surface area contributed by atoms with Crippen molar-refractivity contribution in [3.63, 3.8) is 0 Å². The van der Waals surface area contributed by atoms with Crippen LogP contribution in [0.25, 0.3) is 0 Å². The molecular weight excluding hydrogens is 212 g/mol. The van der Waals surface area contributed by atoms with Crippen LogP contribution < -0.4 is 11.1 Å². The van der Waals surface area contributed by atoms with E-state index in [0.717, 1.165) is 6.42 Å². The molecule has 1 atom stereocenters. The molecule has 1 aromatic rings. The Labute approximate surface area is 103 Å². The fraction of sp³-hybridized carbons (Fsp3) is 0.500. The van der Waals surface area contributed by atoms with E-state index in [0.29, 0.717) is 6.54 Å². The summed E-state index contributed by atoms with van der Waals surface area (Å²) in [5.41, 5.74) is 6.26. The highest BCUT2D eigenvalue weighted by atomic mass is 16.2. The predicted octanol–water partition coefficient (Wildman–Crippen LogP) is 1.72. The van der Waals surface area contributed by atoms with Gasteiger partial charge in [0.15, 0.2) is 0 Å². The minimum atomic E-state index is -0.412. The first-order chi connectivity index (χ1) is 7.95. The van der Waals surface area contributed by atoms with Gasteiger partial charge in [-0.2, -0.15) is 0 Å². The average Bonchev–Trinajstić information content (AvgIpc) is 2.29. The number of rotatable bonds is 5. The molecule has 1 amide bonds. The molecule has 0 radical (unpaired) electrons. The summed E-state index contributed by atoms with van der Waals surface area (Å²) in [6, 6.07) is 10.1. The van der Waals surface area contributed by atoms with Crippen molar-refractivity contribution in [3.8, 4) is 0 Å². The molecule has 1 rings (SSSR count). The zero-order valence-corrected chi connectivity index (χ0v) is 10.9. The fourth-order valence-electron chi connectivity index (χ4n) is 1.66. The summed E-state index contributed by atoms with van der Waals surface area (Å²) in [5.74, 6) is 0.0549. The molecule has 0 aliphatic rings. The molecule has 0 saturated carbocycles.